The van der Waals surface area contributed by atoms with Gasteiger partial charge in [-0.1, -0.05) is 19.3 Å². The predicted molar refractivity (Wildman–Crippen MR) is 74.2 cm³/mol. The standard InChI is InChI=1S/C15H27N3/c1-12(18(2)14-8-9-14)11-17-15-7-5-3-4-6-13(15)10-16/h12-15,17H,3-9,11H2,1-2H3. The molecular formula is C15H27N3. The van der Waals surface area contributed by atoms with Crippen LogP contribution in [0, 0.1) is 17.2 Å². The largest absolute Gasteiger partial charge is 0.311 e. The maximum Gasteiger partial charge on any atom is 0.0672 e. The highest BCUT2D eigenvalue weighted by Crippen LogP contribution is 2.27. The van der Waals surface area contributed by atoms with Gasteiger partial charge in [-0.3, -0.25) is 4.90 Å². The minimum absolute atomic E-state index is 0.228. The van der Waals surface area contributed by atoms with Crippen LogP contribution in [0.5, 0.6) is 0 Å². The molecule has 2 aliphatic carbocycles. The van der Waals surface area contributed by atoms with Gasteiger partial charge in [0, 0.05) is 24.7 Å². The summed E-state index contributed by atoms with van der Waals surface area (Å²) in [4.78, 5) is 2.49. The summed E-state index contributed by atoms with van der Waals surface area (Å²) >= 11 is 0. The van der Waals surface area contributed by atoms with Crippen LogP contribution >= 0.6 is 0 Å². The van der Waals surface area contributed by atoms with Gasteiger partial charge in [0.05, 0.1) is 12.0 Å². The predicted octanol–water partition coefficient (Wildman–Crippen LogP) is 2.53. The quantitative estimate of drug-likeness (QED) is 0.761. The van der Waals surface area contributed by atoms with E-state index in [1.54, 1.807) is 0 Å². The molecule has 0 aromatic heterocycles. The van der Waals surface area contributed by atoms with Crippen molar-refractivity contribution in [3.8, 4) is 6.07 Å². The number of hydrogen-bond donors (Lipinski definition) is 1. The summed E-state index contributed by atoms with van der Waals surface area (Å²) in [6, 6.07) is 4.33. The number of nitrogens with zero attached hydrogens (tertiary/aromatic N) is 2. The van der Waals surface area contributed by atoms with E-state index in [1.807, 2.05) is 0 Å². The summed E-state index contributed by atoms with van der Waals surface area (Å²) in [5.41, 5.74) is 0. The maximum absolute atomic E-state index is 9.26. The molecule has 2 rings (SSSR count). The van der Waals surface area contributed by atoms with Gasteiger partial charge < -0.3 is 5.32 Å². The lowest BCUT2D eigenvalue weighted by molar-refractivity contribution is 0.228. The maximum atomic E-state index is 9.26. The summed E-state index contributed by atoms with van der Waals surface area (Å²) in [6.45, 7) is 3.32. The second-order valence-corrected chi connectivity index (χ2v) is 6.13. The molecule has 2 aliphatic rings. The molecule has 0 aromatic carbocycles. The van der Waals surface area contributed by atoms with E-state index in [0.29, 0.717) is 12.1 Å². The number of nitrogens with one attached hydrogen (secondary N) is 1. The van der Waals surface area contributed by atoms with E-state index in [-0.39, 0.29) is 5.92 Å². The molecule has 0 heterocycles. The highest BCUT2D eigenvalue weighted by Gasteiger charge is 2.30. The van der Waals surface area contributed by atoms with Crippen LogP contribution in [0.1, 0.15) is 51.9 Å². The van der Waals surface area contributed by atoms with E-state index >= 15 is 0 Å². The van der Waals surface area contributed by atoms with Crippen molar-refractivity contribution in [1.82, 2.24) is 10.2 Å². The molecule has 102 valence electrons. The minimum atomic E-state index is 0.228. The Bertz CT molecular complexity index is 293. The van der Waals surface area contributed by atoms with Crippen LogP contribution in [0.25, 0.3) is 0 Å². The molecule has 2 fully saturated rings. The van der Waals surface area contributed by atoms with Crippen LogP contribution in [0.4, 0.5) is 0 Å². The Kier molecular flexibility index (Phi) is 5.03. The van der Waals surface area contributed by atoms with Gasteiger partial charge in [-0.2, -0.15) is 5.26 Å². The third kappa shape index (κ3) is 3.70. The van der Waals surface area contributed by atoms with Gasteiger partial charge in [0.25, 0.3) is 0 Å². The lowest BCUT2D eigenvalue weighted by Gasteiger charge is -2.28. The Hall–Kier alpha value is -0.590. The Balaban J connectivity index is 1.77. The topological polar surface area (TPSA) is 39.1 Å². The van der Waals surface area contributed by atoms with Gasteiger partial charge in [-0.05, 0) is 39.7 Å². The van der Waals surface area contributed by atoms with E-state index in [1.165, 1.54) is 38.5 Å². The third-order valence-electron chi connectivity index (χ3n) is 4.68. The van der Waals surface area contributed by atoms with Crippen molar-refractivity contribution in [1.29, 1.82) is 5.26 Å². The van der Waals surface area contributed by atoms with Gasteiger partial charge in [-0.15, -0.1) is 0 Å². The molecule has 0 aliphatic heterocycles. The molecule has 3 nitrogen and oxygen atoms in total. The van der Waals surface area contributed by atoms with E-state index in [9.17, 15) is 5.26 Å². The van der Waals surface area contributed by atoms with Crippen molar-refractivity contribution < 1.29 is 0 Å². The van der Waals surface area contributed by atoms with Crippen molar-refractivity contribution in [2.75, 3.05) is 13.6 Å². The van der Waals surface area contributed by atoms with E-state index in [4.69, 9.17) is 0 Å². The molecule has 3 atom stereocenters. The fourth-order valence-corrected chi connectivity index (χ4v) is 3.01. The molecule has 3 unspecified atom stereocenters. The molecule has 0 spiro atoms. The molecule has 0 aromatic rings. The van der Waals surface area contributed by atoms with Crippen molar-refractivity contribution in [2.45, 2.75) is 70.0 Å². The Morgan fingerprint density at radius 1 is 1.22 bits per heavy atom. The van der Waals surface area contributed by atoms with Crippen LogP contribution in [-0.2, 0) is 0 Å². The lowest BCUT2D eigenvalue weighted by atomic mass is 9.96. The third-order valence-corrected chi connectivity index (χ3v) is 4.68. The van der Waals surface area contributed by atoms with Crippen LogP contribution < -0.4 is 5.32 Å². The number of hydrogen-bond acceptors (Lipinski definition) is 3. The fourth-order valence-electron chi connectivity index (χ4n) is 3.01. The first-order valence-corrected chi connectivity index (χ1v) is 7.57. The average molecular weight is 249 g/mol. The SMILES string of the molecule is CC(CNC1CCCCCC1C#N)N(C)C1CC1. The van der Waals surface area contributed by atoms with Crippen LogP contribution in [0.2, 0.25) is 0 Å². The Labute approximate surface area is 112 Å². The summed E-state index contributed by atoms with van der Waals surface area (Å²) in [6.07, 6.45) is 8.81. The molecule has 0 amide bonds. The van der Waals surface area contributed by atoms with Gasteiger partial charge in [0.15, 0.2) is 0 Å². The molecule has 1 N–H and O–H groups in total. The van der Waals surface area contributed by atoms with E-state index in [2.05, 4.69) is 30.3 Å². The van der Waals surface area contributed by atoms with E-state index < -0.39 is 0 Å². The first-order valence-electron chi connectivity index (χ1n) is 7.57. The van der Waals surface area contributed by atoms with Crippen molar-refractivity contribution in [3.63, 3.8) is 0 Å². The van der Waals surface area contributed by atoms with Crippen molar-refractivity contribution in [3.05, 3.63) is 0 Å². The lowest BCUT2D eigenvalue weighted by Crippen LogP contribution is -2.44. The summed E-state index contributed by atoms with van der Waals surface area (Å²) in [5.74, 6) is 0.228. The zero-order valence-electron chi connectivity index (χ0n) is 11.9. The molecule has 0 bridgehead atoms. The summed E-state index contributed by atoms with van der Waals surface area (Å²) < 4.78 is 0. The highest BCUT2D eigenvalue weighted by molar-refractivity contribution is 4.94. The first kappa shape index (κ1) is 13.8. The smallest absolute Gasteiger partial charge is 0.0672 e. The van der Waals surface area contributed by atoms with Crippen LogP contribution in [0.15, 0.2) is 0 Å². The van der Waals surface area contributed by atoms with Crippen molar-refractivity contribution >= 4 is 0 Å². The number of nitriles is 1. The highest BCUT2D eigenvalue weighted by atomic mass is 15.2. The second-order valence-electron chi connectivity index (χ2n) is 6.13. The average Bonchev–Trinajstić information content (AvgIpc) is 3.21. The number of rotatable bonds is 5. The van der Waals surface area contributed by atoms with E-state index in [0.717, 1.165) is 19.0 Å². The zero-order valence-corrected chi connectivity index (χ0v) is 11.9. The van der Waals surface area contributed by atoms with Crippen LogP contribution in [0.3, 0.4) is 0 Å². The normalized spacial score (nSPS) is 30.8. The molecule has 2 saturated carbocycles. The summed E-state index contributed by atoms with van der Waals surface area (Å²) in [5, 5.41) is 12.9. The molecule has 0 radical (unpaired) electrons. The zero-order chi connectivity index (χ0) is 13.0. The van der Waals surface area contributed by atoms with Crippen molar-refractivity contribution in [2.24, 2.45) is 5.92 Å². The van der Waals surface area contributed by atoms with Gasteiger partial charge >= 0.3 is 0 Å². The summed E-state index contributed by atoms with van der Waals surface area (Å²) in [7, 11) is 2.24. The second kappa shape index (κ2) is 6.54. The number of likely N-dealkylation sites (N-methyl/N-ethyl adjacent to an activating group) is 1. The molecule has 3 heteroatoms. The molecule has 18 heavy (non-hydrogen) atoms. The fraction of sp³-hybridized carbons (Fsp3) is 0.933. The van der Waals surface area contributed by atoms with Crippen LogP contribution in [-0.4, -0.2) is 36.6 Å². The van der Waals surface area contributed by atoms with Gasteiger partial charge in [0.2, 0.25) is 0 Å². The Morgan fingerprint density at radius 3 is 2.61 bits per heavy atom. The molecular weight excluding hydrogens is 222 g/mol. The monoisotopic (exact) mass is 249 g/mol. The van der Waals surface area contributed by atoms with Gasteiger partial charge in [0.1, 0.15) is 0 Å². The van der Waals surface area contributed by atoms with Gasteiger partial charge in [-0.25, -0.2) is 0 Å². The molecule has 0 saturated heterocycles. The first-order chi connectivity index (χ1) is 8.72. The Morgan fingerprint density at radius 2 is 1.94 bits per heavy atom. The minimum Gasteiger partial charge on any atom is -0.311 e.